The summed E-state index contributed by atoms with van der Waals surface area (Å²) < 4.78 is 5.84. The van der Waals surface area contributed by atoms with E-state index in [1.54, 1.807) is 30.2 Å². The maximum atomic E-state index is 13.2. The first-order valence-electron chi connectivity index (χ1n) is 10.8. The Morgan fingerprint density at radius 2 is 1.94 bits per heavy atom. The van der Waals surface area contributed by atoms with E-state index in [1.165, 1.54) is 0 Å². The first-order chi connectivity index (χ1) is 16.0. The van der Waals surface area contributed by atoms with Gasteiger partial charge in [-0.05, 0) is 71.4 Å². The molecule has 0 saturated heterocycles. The van der Waals surface area contributed by atoms with Gasteiger partial charge >= 0.3 is 5.97 Å². The Kier molecular flexibility index (Phi) is 8.89. The Hall–Kier alpha value is -3.32. The van der Waals surface area contributed by atoms with Crippen LogP contribution in [0.1, 0.15) is 34.8 Å². The Morgan fingerprint density at radius 1 is 1.12 bits per heavy atom. The highest BCUT2D eigenvalue weighted by Crippen LogP contribution is 2.29. The van der Waals surface area contributed by atoms with Crippen molar-refractivity contribution in [2.75, 3.05) is 12.0 Å². The lowest BCUT2D eigenvalue weighted by Gasteiger charge is -2.18. The Bertz CT molecular complexity index is 1090. The van der Waals surface area contributed by atoms with Crippen molar-refractivity contribution in [3.63, 3.8) is 0 Å². The zero-order chi connectivity index (χ0) is 23.6. The number of carboxylic acids is 1. The number of amides is 1. The molecule has 0 fully saturated rings. The van der Waals surface area contributed by atoms with Gasteiger partial charge in [0.1, 0.15) is 18.4 Å². The molecule has 0 aliphatic carbocycles. The minimum Gasteiger partial charge on any atom is -0.487 e. The second-order valence-corrected chi connectivity index (χ2v) is 8.50. The van der Waals surface area contributed by atoms with Crippen molar-refractivity contribution < 1.29 is 19.4 Å². The molecule has 1 amide bonds. The van der Waals surface area contributed by atoms with Gasteiger partial charge in [-0.25, -0.2) is 4.79 Å². The van der Waals surface area contributed by atoms with Crippen molar-refractivity contribution in [3.8, 4) is 16.9 Å². The van der Waals surface area contributed by atoms with Gasteiger partial charge in [-0.15, -0.1) is 0 Å². The molecule has 0 spiro atoms. The standard InChI is InChI=1S/C26H28N2O4S/c1-3-19-7-4-5-9-21(19)23-15-18(17-32-20-8-6-13-27-16-20)10-11-22(23)25(29)28-24(26(30)31)12-14-33-2/h4-11,13,15-16,24H,3,12,14,17H2,1-2H3,(H,28,29)(H,30,31)/t24-/m0/s1. The summed E-state index contributed by atoms with van der Waals surface area (Å²) in [5.41, 5.74) is 4.15. The average molecular weight is 465 g/mol. The molecule has 0 radical (unpaired) electrons. The molecule has 7 heteroatoms. The van der Waals surface area contributed by atoms with Gasteiger partial charge < -0.3 is 15.2 Å². The number of ether oxygens (including phenoxy) is 1. The van der Waals surface area contributed by atoms with Crippen molar-refractivity contribution in [2.24, 2.45) is 0 Å². The smallest absolute Gasteiger partial charge is 0.326 e. The molecule has 6 nitrogen and oxygen atoms in total. The van der Waals surface area contributed by atoms with E-state index in [-0.39, 0.29) is 0 Å². The maximum Gasteiger partial charge on any atom is 0.326 e. The summed E-state index contributed by atoms with van der Waals surface area (Å²) >= 11 is 1.55. The molecule has 33 heavy (non-hydrogen) atoms. The van der Waals surface area contributed by atoms with Crippen LogP contribution in [0.3, 0.4) is 0 Å². The van der Waals surface area contributed by atoms with Crippen molar-refractivity contribution in [3.05, 3.63) is 83.7 Å². The van der Waals surface area contributed by atoms with Crippen LogP contribution in [0.25, 0.3) is 11.1 Å². The quantitative estimate of drug-likeness (QED) is 0.423. The number of carboxylic acid groups (broad SMARTS) is 1. The first-order valence-corrected chi connectivity index (χ1v) is 12.2. The van der Waals surface area contributed by atoms with E-state index in [2.05, 4.69) is 17.2 Å². The summed E-state index contributed by atoms with van der Waals surface area (Å²) in [6, 6.07) is 16.2. The Morgan fingerprint density at radius 3 is 2.64 bits per heavy atom. The van der Waals surface area contributed by atoms with Gasteiger partial charge in [0, 0.05) is 11.8 Å². The fourth-order valence-corrected chi connectivity index (χ4v) is 3.99. The number of benzene rings is 2. The summed E-state index contributed by atoms with van der Waals surface area (Å²) in [4.78, 5) is 28.9. The number of hydrogen-bond donors (Lipinski definition) is 2. The molecular weight excluding hydrogens is 436 g/mol. The van der Waals surface area contributed by atoms with E-state index in [4.69, 9.17) is 4.74 Å². The summed E-state index contributed by atoms with van der Waals surface area (Å²) in [6.45, 7) is 2.39. The maximum absolute atomic E-state index is 13.2. The highest BCUT2D eigenvalue weighted by Gasteiger charge is 2.23. The third-order valence-electron chi connectivity index (χ3n) is 5.27. The molecule has 3 aromatic rings. The van der Waals surface area contributed by atoms with E-state index in [0.29, 0.717) is 30.1 Å². The van der Waals surface area contributed by atoms with E-state index in [0.717, 1.165) is 28.7 Å². The lowest BCUT2D eigenvalue weighted by Crippen LogP contribution is -2.41. The topological polar surface area (TPSA) is 88.5 Å². The lowest BCUT2D eigenvalue weighted by molar-refractivity contribution is -0.139. The van der Waals surface area contributed by atoms with Crippen molar-refractivity contribution in [2.45, 2.75) is 32.4 Å². The predicted molar refractivity (Wildman–Crippen MR) is 132 cm³/mol. The summed E-state index contributed by atoms with van der Waals surface area (Å²) in [7, 11) is 0. The molecule has 0 unspecified atom stereocenters. The number of rotatable bonds is 11. The fourth-order valence-electron chi connectivity index (χ4n) is 3.52. The van der Waals surface area contributed by atoms with Gasteiger partial charge in [-0.3, -0.25) is 9.78 Å². The van der Waals surface area contributed by atoms with E-state index >= 15 is 0 Å². The van der Waals surface area contributed by atoms with Gasteiger partial charge in [-0.2, -0.15) is 11.8 Å². The molecule has 172 valence electrons. The van der Waals surface area contributed by atoms with E-state index in [1.807, 2.05) is 54.8 Å². The summed E-state index contributed by atoms with van der Waals surface area (Å²) in [6.07, 6.45) is 6.41. The highest BCUT2D eigenvalue weighted by molar-refractivity contribution is 7.98. The molecule has 2 aromatic carbocycles. The summed E-state index contributed by atoms with van der Waals surface area (Å²) in [5.74, 6) is -0.126. The van der Waals surface area contributed by atoms with Crippen molar-refractivity contribution in [1.29, 1.82) is 0 Å². The largest absolute Gasteiger partial charge is 0.487 e. The fraction of sp³-hybridized carbons (Fsp3) is 0.269. The molecule has 1 atom stereocenters. The number of aryl methyl sites for hydroxylation is 1. The summed E-state index contributed by atoms with van der Waals surface area (Å²) in [5, 5.41) is 12.2. The van der Waals surface area contributed by atoms with Crippen LogP contribution < -0.4 is 10.1 Å². The minimum absolute atomic E-state index is 0.320. The number of thioether (sulfide) groups is 1. The molecular formula is C26H28N2O4S. The molecule has 1 aromatic heterocycles. The SMILES string of the molecule is CCc1ccccc1-c1cc(COc2cccnc2)ccc1C(=O)N[C@@H](CCSC)C(=O)O. The normalized spacial score (nSPS) is 11.6. The monoisotopic (exact) mass is 464 g/mol. The molecule has 0 aliphatic heterocycles. The van der Waals surface area contributed by atoms with Crippen LogP contribution in [0.15, 0.2) is 67.0 Å². The molecule has 1 heterocycles. The molecule has 3 rings (SSSR count). The van der Waals surface area contributed by atoms with Gasteiger partial charge in [-0.1, -0.05) is 37.3 Å². The minimum atomic E-state index is -1.03. The zero-order valence-corrected chi connectivity index (χ0v) is 19.6. The second kappa shape index (κ2) is 12.1. The molecule has 0 saturated carbocycles. The molecule has 2 N–H and O–H groups in total. The number of nitrogens with zero attached hydrogens (tertiary/aromatic N) is 1. The first kappa shape index (κ1) is 24.3. The number of hydrogen-bond acceptors (Lipinski definition) is 5. The zero-order valence-electron chi connectivity index (χ0n) is 18.8. The third-order valence-corrected chi connectivity index (χ3v) is 5.91. The van der Waals surface area contributed by atoms with Crippen LogP contribution >= 0.6 is 11.8 Å². The van der Waals surface area contributed by atoms with E-state index in [9.17, 15) is 14.7 Å². The second-order valence-electron chi connectivity index (χ2n) is 7.51. The number of pyridine rings is 1. The van der Waals surface area contributed by atoms with Crippen LogP contribution in [0.5, 0.6) is 5.75 Å². The number of nitrogens with one attached hydrogen (secondary N) is 1. The number of carbonyl (C=O) groups excluding carboxylic acids is 1. The van der Waals surface area contributed by atoms with Gasteiger partial charge in [0.2, 0.25) is 0 Å². The van der Waals surface area contributed by atoms with Gasteiger partial charge in [0.15, 0.2) is 0 Å². The Balaban J connectivity index is 1.94. The number of carbonyl (C=O) groups is 2. The third kappa shape index (κ3) is 6.58. The lowest BCUT2D eigenvalue weighted by atomic mass is 9.92. The number of aromatic nitrogens is 1. The number of aliphatic carboxylic acids is 1. The molecule has 0 bridgehead atoms. The van der Waals surface area contributed by atoms with Gasteiger partial charge in [0.05, 0.1) is 6.20 Å². The van der Waals surface area contributed by atoms with Crippen LogP contribution in [0.4, 0.5) is 0 Å². The van der Waals surface area contributed by atoms with E-state index < -0.39 is 17.9 Å². The van der Waals surface area contributed by atoms with Crippen LogP contribution in [0.2, 0.25) is 0 Å². The van der Waals surface area contributed by atoms with Crippen molar-refractivity contribution >= 4 is 23.6 Å². The molecule has 0 aliphatic rings. The van der Waals surface area contributed by atoms with Crippen molar-refractivity contribution in [1.82, 2.24) is 10.3 Å². The van der Waals surface area contributed by atoms with Gasteiger partial charge in [0.25, 0.3) is 5.91 Å². The Labute approximate surface area is 198 Å². The van der Waals surface area contributed by atoms with Crippen LogP contribution in [0, 0.1) is 0 Å². The average Bonchev–Trinajstić information content (AvgIpc) is 2.85. The highest BCUT2D eigenvalue weighted by atomic mass is 32.2. The van der Waals surface area contributed by atoms with Crippen LogP contribution in [-0.2, 0) is 17.8 Å². The van der Waals surface area contributed by atoms with Crippen LogP contribution in [-0.4, -0.2) is 40.0 Å². The predicted octanol–water partition coefficient (Wildman–Crippen LogP) is 4.83.